The Morgan fingerprint density at radius 1 is 0.931 bits per heavy atom. The quantitative estimate of drug-likeness (QED) is 0.448. The van der Waals surface area contributed by atoms with Crippen molar-refractivity contribution in [2.24, 2.45) is 0 Å². The second-order valence-electron chi connectivity index (χ2n) is 7.49. The molecule has 4 aromatic rings. The lowest BCUT2D eigenvalue weighted by Crippen LogP contribution is -2.47. The molecular weight excluding hydrogens is 378 g/mol. The maximum absolute atomic E-state index is 12.8. The molecule has 1 saturated heterocycles. The minimum Gasteiger partial charge on any atom is -0.368 e. The van der Waals surface area contributed by atoms with Crippen molar-refractivity contribution in [3.63, 3.8) is 0 Å². The number of thiophene rings is 1. The third-order valence-electron chi connectivity index (χ3n) is 5.78. The standard InChI is InChI=1S/C24H23N3OS/c28-23(20-17-29-24-8-4-2-5-18(20)24)10-12-26-13-15-27(16-14-26)22-9-11-25-21-7-3-1-6-19(21)22/h1-9,11,17H,10,12-16H2. The number of carbonyl (C=O) groups excluding carboxylic acids is 1. The minimum absolute atomic E-state index is 0.255. The van der Waals surface area contributed by atoms with Crippen LogP contribution in [-0.4, -0.2) is 48.4 Å². The van der Waals surface area contributed by atoms with Crippen molar-refractivity contribution < 1.29 is 4.79 Å². The summed E-state index contributed by atoms with van der Waals surface area (Å²) in [5.41, 5.74) is 3.18. The van der Waals surface area contributed by atoms with E-state index < -0.39 is 0 Å². The lowest BCUT2D eigenvalue weighted by atomic mass is 10.1. The number of ketones is 1. The largest absolute Gasteiger partial charge is 0.368 e. The van der Waals surface area contributed by atoms with Gasteiger partial charge >= 0.3 is 0 Å². The maximum Gasteiger partial charge on any atom is 0.165 e. The number of carbonyl (C=O) groups is 1. The van der Waals surface area contributed by atoms with Gasteiger partial charge in [-0.1, -0.05) is 36.4 Å². The third kappa shape index (κ3) is 3.63. The summed E-state index contributed by atoms with van der Waals surface area (Å²) in [5.74, 6) is 0.255. The van der Waals surface area contributed by atoms with E-state index in [1.165, 1.54) is 15.8 Å². The lowest BCUT2D eigenvalue weighted by Gasteiger charge is -2.36. The molecule has 0 unspecified atom stereocenters. The Labute approximate surface area is 174 Å². The number of nitrogens with zero attached hydrogens (tertiary/aromatic N) is 3. The number of pyridine rings is 1. The molecule has 0 aliphatic carbocycles. The molecule has 1 fully saturated rings. The molecule has 3 heterocycles. The van der Waals surface area contributed by atoms with Crippen LogP contribution in [0.3, 0.4) is 0 Å². The molecule has 4 nitrogen and oxygen atoms in total. The number of benzene rings is 2. The van der Waals surface area contributed by atoms with E-state index in [2.05, 4.69) is 51.2 Å². The molecule has 2 aromatic carbocycles. The summed E-state index contributed by atoms with van der Waals surface area (Å²) in [7, 11) is 0. The zero-order valence-corrected chi connectivity index (χ0v) is 17.1. The first kappa shape index (κ1) is 18.3. The van der Waals surface area contributed by atoms with E-state index in [0.717, 1.165) is 49.2 Å². The Hall–Kier alpha value is -2.76. The molecule has 1 aliphatic rings. The van der Waals surface area contributed by atoms with Crippen molar-refractivity contribution in [3.05, 3.63) is 71.7 Å². The van der Waals surface area contributed by atoms with Gasteiger partial charge in [0.1, 0.15) is 0 Å². The number of rotatable bonds is 5. The van der Waals surface area contributed by atoms with Crippen LogP contribution < -0.4 is 4.90 Å². The summed E-state index contributed by atoms with van der Waals surface area (Å²) in [4.78, 5) is 22.1. The summed E-state index contributed by atoms with van der Waals surface area (Å²) in [6, 6.07) is 18.6. The van der Waals surface area contributed by atoms with Gasteiger partial charge in [0.05, 0.1) is 5.52 Å². The number of hydrogen-bond acceptors (Lipinski definition) is 5. The smallest absolute Gasteiger partial charge is 0.165 e. The van der Waals surface area contributed by atoms with Crippen LogP contribution in [0.1, 0.15) is 16.8 Å². The number of anilines is 1. The van der Waals surface area contributed by atoms with Gasteiger partial charge in [0, 0.05) is 77.4 Å². The molecule has 0 bridgehead atoms. The number of hydrogen-bond donors (Lipinski definition) is 0. The SMILES string of the molecule is O=C(CCN1CCN(c2ccnc3ccccc23)CC1)c1csc2ccccc12. The number of fused-ring (bicyclic) bond motifs is 2. The van der Waals surface area contributed by atoms with Crippen molar-refractivity contribution >= 4 is 43.8 Å². The first-order valence-electron chi connectivity index (χ1n) is 10.1. The van der Waals surface area contributed by atoms with Gasteiger partial charge in [0.25, 0.3) is 0 Å². The van der Waals surface area contributed by atoms with E-state index in [1.807, 2.05) is 29.8 Å². The third-order valence-corrected chi connectivity index (χ3v) is 6.74. The first-order valence-corrected chi connectivity index (χ1v) is 11.0. The number of piperazine rings is 1. The molecule has 5 rings (SSSR count). The van der Waals surface area contributed by atoms with Crippen molar-refractivity contribution in [2.75, 3.05) is 37.6 Å². The fraction of sp³-hybridized carbons (Fsp3) is 0.250. The Bertz CT molecular complexity index is 1160. The van der Waals surface area contributed by atoms with Crippen LogP contribution in [0.25, 0.3) is 21.0 Å². The van der Waals surface area contributed by atoms with Gasteiger partial charge in [-0.3, -0.25) is 14.7 Å². The van der Waals surface area contributed by atoms with Crippen molar-refractivity contribution in [2.45, 2.75) is 6.42 Å². The molecule has 5 heteroatoms. The highest BCUT2D eigenvalue weighted by Gasteiger charge is 2.20. The van der Waals surface area contributed by atoms with E-state index in [0.29, 0.717) is 6.42 Å². The van der Waals surface area contributed by atoms with Gasteiger partial charge in [0.2, 0.25) is 0 Å². The van der Waals surface area contributed by atoms with Crippen molar-refractivity contribution in [3.8, 4) is 0 Å². The van der Waals surface area contributed by atoms with Crippen LogP contribution in [0.15, 0.2) is 66.2 Å². The summed E-state index contributed by atoms with van der Waals surface area (Å²) >= 11 is 1.66. The molecule has 146 valence electrons. The second-order valence-corrected chi connectivity index (χ2v) is 8.41. The fourth-order valence-corrected chi connectivity index (χ4v) is 5.12. The van der Waals surface area contributed by atoms with Crippen LogP contribution in [0, 0.1) is 0 Å². The molecule has 0 amide bonds. The lowest BCUT2D eigenvalue weighted by molar-refractivity contribution is 0.0964. The van der Waals surface area contributed by atoms with Gasteiger partial charge in [-0.05, 0) is 18.2 Å². The molecule has 0 spiro atoms. The monoisotopic (exact) mass is 401 g/mol. The zero-order chi connectivity index (χ0) is 19.6. The Balaban J connectivity index is 1.21. The van der Waals surface area contributed by atoms with Gasteiger partial charge < -0.3 is 4.90 Å². The number of para-hydroxylation sites is 1. The summed E-state index contributed by atoms with van der Waals surface area (Å²) in [6.07, 6.45) is 2.48. The van der Waals surface area contributed by atoms with Crippen LogP contribution in [0.4, 0.5) is 5.69 Å². The molecule has 0 saturated carbocycles. The summed E-state index contributed by atoms with van der Waals surface area (Å²) in [6.45, 7) is 4.74. The molecule has 1 aliphatic heterocycles. The normalized spacial score (nSPS) is 15.2. The van der Waals surface area contributed by atoms with Crippen LogP contribution in [-0.2, 0) is 0 Å². The molecule has 0 radical (unpaired) electrons. The van der Waals surface area contributed by atoms with Crippen LogP contribution >= 0.6 is 11.3 Å². The highest BCUT2D eigenvalue weighted by molar-refractivity contribution is 7.17. The van der Waals surface area contributed by atoms with Gasteiger partial charge in [-0.2, -0.15) is 0 Å². The van der Waals surface area contributed by atoms with Crippen LogP contribution in [0.2, 0.25) is 0 Å². The molecule has 29 heavy (non-hydrogen) atoms. The van der Waals surface area contributed by atoms with E-state index in [-0.39, 0.29) is 5.78 Å². The topological polar surface area (TPSA) is 36.4 Å². The van der Waals surface area contributed by atoms with Gasteiger partial charge in [-0.25, -0.2) is 0 Å². The van der Waals surface area contributed by atoms with Crippen molar-refractivity contribution in [1.29, 1.82) is 0 Å². The Morgan fingerprint density at radius 3 is 2.55 bits per heavy atom. The fourth-order valence-electron chi connectivity index (χ4n) is 4.16. The Kier molecular flexibility index (Phi) is 5.00. The summed E-state index contributed by atoms with van der Waals surface area (Å²) < 4.78 is 1.19. The minimum atomic E-state index is 0.255. The second kappa shape index (κ2) is 7.93. The van der Waals surface area contributed by atoms with Gasteiger partial charge in [0.15, 0.2) is 5.78 Å². The molecule has 0 atom stereocenters. The van der Waals surface area contributed by atoms with Crippen molar-refractivity contribution in [1.82, 2.24) is 9.88 Å². The average Bonchev–Trinajstić information content (AvgIpc) is 3.22. The maximum atomic E-state index is 12.8. The molecule has 2 aromatic heterocycles. The van der Waals surface area contributed by atoms with E-state index >= 15 is 0 Å². The van der Waals surface area contributed by atoms with E-state index in [9.17, 15) is 4.79 Å². The molecule has 0 N–H and O–H groups in total. The molecular formula is C24H23N3OS. The average molecular weight is 402 g/mol. The zero-order valence-electron chi connectivity index (χ0n) is 16.3. The number of Topliss-reactive ketones (excluding diaryl/α,β-unsaturated/α-hetero) is 1. The van der Waals surface area contributed by atoms with E-state index in [4.69, 9.17) is 0 Å². The predicted octanol–water partition coefficient (Wildman–Crippen LogP) is 4.84. The highest BCUT2D eigenvalue weighted by Crippen LogP contribution is 2.28. The predicted molar refractivity (Wildman–Crippen MR) is 121 cm³/mol. The summed E-state index contributed by atoms with van der Waals surface area (Å²) in [5, 5.41) is 4.32. The first-order chi connectivity index (χ1) is 14.3. The highest BCUT2D eigenvalue weighted by atomic mass is 32.1. The van der Waals surface area contributed by atoms with Crippen LogP contribution in [0.5, 0.6) is 0 Å². The van der Waals surface area contributed by atoms with Gasteiger partial charge in [-0.15, -0.1) is 11.3 Å². The Morgan fingerprint density at radius 2 is 1.69 bits per heavy atom. The number of aromatic nitrogens is 1. The van der Waals surface area contributed by atoms with E-state index in [1.54, 1.807) is 11.3 Å².